The second-order valence-corrected chi connectivity index (χ2v) is 6.96. The molecular weight excluding hydrogens is 289 g/mol. The smallest absolute Gasteiger partial charge is 0.248 e. The van der Waals surface area contributed by atoms with Gasteiger partial charge < -0.3 is 10.2 Å². The first kappa shape index (κ1) is 19.1. The van der Waals surface area contributed by atoms with E-state index in [2.05, 4.69) is 5.10 Å². The van der Waals surface area contributed by atoms with Gasteiger partial charge in [-0.05, 0) is 40.5 Å². The summed E-state index contributed by atoms with van der Waals surface area (Å²) in [5.41, 5.74) is -1.43. The summed E-state index contributed by atoms with van der Waals surface area (Å²) in [7, 11) is 5.51. The molecule has 1 aromatic rings. The molecule has 1 heterocycles. The highest BCUT2D eigenvalue weighted by atomic mass is 19.3. The molecule has 0 amide bonds. The van der Waals surface area contributed by atoms with Crippen molar-refractivity contribution in [2.45, 2.75) is 76.5 Å². The fourth-order valence-corrected chi connectivity index (χ4v) is 1.84. The van der Waals surface area contributed by atoms with Gasteiger partial charge in [-0.2, -0.15) is 5.10 Å². The van der Waals surface area contributed by atoms with E-state index in [1.807, 2.05) is 0 Å². The normalized spacial score (nSPS) is 19.5. The molecule has 0 spiro atoms. The Morgan fingerprint density at radius 3 is 1.95 bits per heavy atom. The summed E-state index contributed by atoms with van der Waals surface area (Å²) in [5, 5.41) is 22.2. The minimum atomic E-state index is -2.48. The maximum atomic E-state index is 12.8. The zero-order chi connectivity index (χ0) is 17.2. The number of aromatic nitrogens is 2. The maximum absolute atomic E-state index is 12.8. The highest BCUT2D eigenvalue weighted by Gasteiger charge is 2.35. The molecule has 22 heavy (non-hydrogen) atoms. The molecule has 0 aromatic carbocycles. The Morgan fingerprint density at radius 1 is 1.18 bits per heavy atom. The largest absolute Gasteiger partial charge is 0.387 e. The molecule has 7 heteroatoms. The Hall–Kier alpha value is -0.945. The summed E-state index contributed by atoms with van der Waals surface area (Å²) >= 11 is 0. The molecule has 0 aliphatic heterocycles. The first-order valence-electron chi connectivity index (χ1n) is 7.44. The third-order valence-corrected chi connectivity index (χ3v) is 4.18. The summed E-state index contributed by atoms with van der Waals surface area (Å²) in [6.45, 7) is 6.31. The molecule has 2 radical (unpaired) electrons. The van der Waals surface area contributed by atoms with Crippen LogP contribution in [0.2, 0.25) is 0 Å². The molecule has 0 saturated heterocycles. The molecule has 1 saturated carbocycles. The number of hydrogen-bond acceptors (Lipinski definition) is 3. The average Bonchev–Trinajstić information content (AvgIpc) is 2.74. The van der Waals surface area contributed by atoms with Crippen LogP contribution in [0.5, 0.6) is 0 Å². The Kier molecular flexibility index (Phi) is 5.79. The van der Waals surface area contributed by atoms with Crippen LogP contribution >= 0.6 is 0 Å². The molecule has 1 aliphatic carbocycles. The van der Waals surface area contributed by atoms with Crippen LogP contribution < -0.4 is 5.46 Å². The van der Waals surface area contributed by atoms with Crippen LogP contribution in [0.15, 0.2) is 12.4 Å². The number of alkyl halides is 2. The van der Waals surface area contributed by atoms with Crippen molar-refractivity contribution in [3.63, 3.8) is 0 Å². The van der Waals surface area contributed by atoms with E-state index in [0.29, 0.717) is 18.3 Å². The number of nitrogens with zero attached hydrogens (tertiary/aromatic N) is 2. The van der Waals surface area contributed by atoms with Crippen LogP contribution in [0, 0.1) is 0 Å². The Balaban J connectivity index is 0.000000261. The molecule has 1 fully saturated rings. The van der Waals surface area contributed by atoms with Crippen molar-refractivity contribution in [2.24, 2.45) is 0 Å². The number of rotatable bonds is 2. The van der Waals surface area contributed by atoms with Crippen molar-refractivity contribution in [3.8, 4) is 0 Å². The van der Waals surface area contributed by atoms with Gasteiger partial charge in [0.25, 0.3) is 0 Å². The molecule has 0 bridgehead atoms. The van der Waals surface area contributed by atoms with Gasteiger partial charge in [0, 0.05) is 25.2 Å². The summed E-state index contributed by atoms with van der Waals surface area (Å²) in [6, 6.07) is 0.0897. The number of halogens is 2. The Bertz CT molecular complexity index is 457. The molecule has 2 rings (SSSR count). The van der Waals surface area contributed by atoms with Gasteiger partial charge in [0.2, 0.25) is 5.92 Å². The van der Waals surface area contributed by atoms with Gasteiger partial charge >= 0.3 is 0 Å². The maximum Gasteiger partial charge on any atom is 0.248 e. The van der Waals surface area contributed by atoms with Crippen molar-refractivity contribution in [2.75, 3.05) is 0 Å². The van der Waals surface area contributed by atoms with Crippen LogP contribution in [-0.4, -0.2) is 45.0 Å². The molecule has 0 atom stereocenters. The zero-order valence-electron chi connectivity index (χ0n) is 13.7. The van der Waals surface area contributed by atoms with Gasteiger partial charge in [0.05, 0.1) is 17.2 Å². The van der Waals surface area contributed by atoms with Crippen molar-refractivity contribution in [3.05, 3.63) is 12.4 Å². The third kappa shape index (κ3) is 5.68. The highest BCUT2D eigenvalue weighted by molar-refractivity contribution is 6.31. The molecule has 124 valence electrons. The van der Waals surface area contributed by atoms with Crippen molar-refractivity contribution < 1.29 is 19.0 Å². The zero-order valence-corrected chi connectivity index (χ0v) is 13.7. The van der Waals surface area contributed by atoms with Crippen LogP contribution in [0.4, 0.5) is 8.78 Å². The van der Waals surface area contributed by atoms with E-state index in [1.54, 1.807) is 44.8 Å². The van der Waals surface area contributed by atoms with E-state index in [4.69, 9.17) is 18.1 Å². The quantitative estimate of drug-likeness (QED) is 0.821. The van der Waals surface area contributed by atoms with Gasteiger partial charge in [0.15, 0.2) is 0 Å². The molecule has 4 nitrogen and oxygen atoms in total. The molecular formula is C15H25BF2N2O2. The van der Waals surface area contributed by atoms with Gasteiger partial charge in [-0.25, -0.2) is 8.78 Å². The lowest BCUT2D eigenvalue weighted by Gasteiger charge is -2.31. The lowest BCUT2D eigenvalue weighted by atomic mass is 9.90. The van der Waals surface area contributed by atoms with Gasteiger partial charge in [0.1, 0.15) is 7.85 Å². The predicted octanol–water partition coefficient (Wildman–Crippen LogP) is 1.96. The first-order valence-corrected chi connectivity index (χ1v) is 7.44. The number of hydrogen-bond donors (Lipinski definition) is 2. The van der Waals surface area contributed by atoms with E-state index in [1.165, 1.54) is 0 Å². The second-order valence-electron chi connectivity index (χ2n) is 6.96. The van der Waals surface area contributed by atoms with E-state index < -0.39 is 17.1 Å². The van der Waals surface area contributed by atoms with E-state index in [-0.39, 0.29) is 18.9 Å². The summed E-state index contributed by atoms with van der Waals surface area (Å²) in [5.74, 6) is -2.48. The predicted molar refractivity (Wildman–Crippen MR) is 82.7 cm³/mol. The second kappa shape index (κ2) is 6.66. The SMILES string of the molecule is CC(C)(O)C(C)(C)O.[B]c1cnn(C2CCC(F)(F)CC2)c1. The topological polar surface area (TPSA) is 58.3 Å². The van der Waals surface area contributed by atoms with Crippen molar-refractivity contribution in [1.29, 1.82) is 0 Å². The molecule has 1 aromatic heterocycles. The summed E-state index contributed by atoms with van der Waals surface area (Å²) in [4.78, 5) is 0. The molecule has 2 N–H and O–H groups in total. The minimum absolute atomic E-state index is 0.0442. The van der Waals surface area contributed by atoms with Crippen LogP contribution in [0.25, 0.3) is 0 Å². The lowest BCUT2D eigenvalue weighted by molar-refractivity contribution is -0.107. The standard InChI is InChI=1S/C9H11BF2N2.C6H14O2/c10-7-5-13-14(6-7)8-1-3-9(11,12)4-2-8;1-5(2,7)6(3,4)8/h5-6,8H,1-4H2;7-8H,1-4H3. The van der Waals surface area contributed by atoms with Crippen LogP contribution in [0.3, 0.4) is 0 Å². The summed E-state index contributed by atoms with van der Waals surface area (Å²) in [6.07, 6.45) is 4.12. The van der Waals surface area contributed by atoms with Crippen molar-refractivity contribution in [1.82, 2.24) is 9.78 Å². The van der Waals surface area contributed by atoms with Gasteiger partial charge in [-0.3, -0.25) is 4.68 Å². The molecule has 0 unspecified atom stereocenters. The highest BCUT2D eigenvalue weighted by Crippen LogP contribution is 2.37. The van der Waals surface area contributed by atoms with Crippen molar-refractivity contribution >= 4 is 13.3 Å². The monoisotopic (exact) mass is 314 g/mol. The van der Waals surface area contributed by atoms with Crippen LogP contribution in [-0.2, 0) is 0 Å². The fourth-order valence-electron chi connectivity index (χ4n) is 1.84. The summed E-state index contributed by atoms with van der Waals surface area (Å²) < 4.78 is 27.4. The van der Waals surface area contributed by atoms with Gasteiger partial charge in [-0.15, -0.1) is 0 Å². The minimum Gasteiger partial charge on any atom is -0.387 e. The van der Waals surface area contributed by atoms with E-state index >= 15 is 0 Å². The first-order chi connectivity index (χ1) is 9.82. The average molecular weight is 314 g/mol. The van der Waals surface area contributed by atoms with E-state index in [0.717, 1.165) is 0 Å². The third-order valence-electron chi connectivity index (χ3n) is 4.18. The lowest BCUT2D eigenvalue weighted by Crippen LogP contribution is -2.44. The molecule has 1 aliphatic rings. The van der Waals surface area contributed by atoms with E-state index in [9.17, 15) is 8.78 Å². The number of aliphatic hydroxyl groups is 2. The van der Waals surface area contributed by atoms with Crippen LogP contribution in [0.1, 0.15) is 59.4 Å². The fraction of sp³-hybridized carbons (Fsp3) is 0.800. The Labute approximate surface area is 131 Å². The Morgan fingerprint density at radius 2 is 1.64 bits per heavy atom. The van der Waals surface area contributed by atoms with Gasteiger partial charge in [-0.1, -0.05) is 5.46 Å².